The van der Waals surface area contributed by atoms with Gasteiger partial charge in [-0.1, -0.05) is 5.92 Å². The number of carbonyl (C=O) groups excluding carboxylic acids is 1. The first-order valence-electron chi connectivity index (χ1n) is 7.61. The molecule has 1 saturated heterocycles. The smallest absolute Gasteiger partial charge is 0.310 e. The maximum Gasteiger partial charge on any atom is 0.310 e. The quantitative estimate of drug-likeness (QED) is 0.144. The van der Waals surface area contributed by atoms with E-state index in [1.165, 1.54) is 24.0 Å². The number of anilines is 1. The lowest BCUT2D eigenvalue weighted by Crippen LogP contribution is -2.44. The lowest BCUT2D eigenvalue weighted by molar-refractivity contribution is -0.115. The van der Waals surface area contributed by atoms with E-state index in [9.17, 15) is 20.1 Å². The van der Waals surface area contributed by atoms with E-state index in [-0.39, 0.29) is 11.5 Å². The topological polar surface area (TPSA) is 182 Å². The zero-order chi connectivity index (χ0) is 19.1. The molecule has 26 heavy (non-hydrogen) atoms. The zero-order valence-corrected chi connectivity index (χ0v) is 13.7. The molecule has 0 aliphatic carbocycles. The van der Waals surface area contributed by atoms with E-state index >= 15 is 0 Å². The molecule has 0 spiro atoms. The van der Waals surface area contributed by atoms with Crippen molar-refractivity contribution < 1.29 is 24.9 Å². The van der Waals surface area contributed by atoms with Crippen LogP contribution in [0, 0.1) is 11.8 Å². The third-order valence-corrected chi connectivity index (χ3v) is 4.27. The SMILES string of the molecule is C[C@@]1(O)C(O)C(CO)OC1n1cc(C#CC(=O)NN)c2c(N)ncnc21. The summed E-state index contributed by atoms with van der Waals surface area (Å²) in [6.45, 7) is 0.898. The van der Waals surface area contributed by atoms with Gasteiger partial charge >= 0.3 is 5.91 Å². The Balaban J connectivity index is 2.17. The van der Waals surface area contributed by atoms with Crippen LogP contribution < -0.4 is 17.0 Å². The molecule has 1 aliphatic heterocycles. The summed E-state index contributed by atoms with van der Waals surface area (Å²) in [5, 5.41) is 30.6. The first kappa shape index (κ1) is 18.1. The van der Waals surface area contributed by atoms with E-state index in [1.807, 2.05) is 5.43 Å². The van der Waals surface area contributed by atoms with Crippen LogP contribution in [-0.2, 0) is 9.53 Å². The highest BCUT2D eigenvalue weighted by Crippen LogP contribution is 2.40. The second kappa shape index (κ2) is 6.52. The highest BCUT2D eigenvalue weighted by atomic mass is 16.6. The largest absolute Gasteiger partial charge is 0.394 e. The Morgan fingerprint density at radius 2 is 2.27 bits per heavy atom. The molecule has 0 bridgehead atoms. The minimum atomic E-state index is -1.72. The second-order valence-electron chi connectivity index (χ2n) is 6.01. The number of nitrogens with zero attached hydrogens (tertiary/aromatic N) is 3. The monoisotopic (exact) mass is 362 g/mol. The van der Waals surface area contributed by atoms with Crippen LogP contribution in [0.2, 0.25) is 0 Å². The number of aliphatic hydroxyl groups excluding tert-OH is 2. The van der Waals surface area contributed by atoms with Crippen LogP contribution in [-0.4, -0.2) is 60.2 Å². The number of carbonyl (C=O) groups is 1. The summed E-state index contributed by atoms with van der Waals surface area (Å²) in [7, 11) is 0. The van der Waals surface area contributed by atoms with Crippen LogP contribution in [0.25, 0.3) is 11.0 Å². The molecule has 0 aromatic carbocycles. The fraction of sp³-hybridized carbons (Fsp3) is 0.400. The van der Waals surface area contributed by atoms with Crippen LogP contribution in [0.1, 0.15) is 18.7 Å². The van der Waals surface area contributed by atoms with Gasteiger partial charge in [-0.15, -0.1) is 0 Å². The van der Waals surface area contributed by atoms with Gasteiger partial charge in [0.2, 0.25) is 0 Å². The molecule has 8 N–H and O–H groups in total. The standard InChI is InChI=1S/C15H18N6O5/c1-15(25)11(24)8(5-22)26-14(15)21-4-7(2-3-9(23)20-17)10-12(16)18-6-19-13(10)21/h4,6,8,11,14,22,24-25H,5,17H2,1H3,(H,20,23)(H2,16,18,19)/t8?,11?,14?,15-/m1/s1. The Bertz CT molecular complexity index is 914. The molecule has 3 rings (SSSR count). The van der Waals surface area contributed by atoms with Crippen LogP contribution in [0.15, 0.2) is 12.5 Å². The van der Waals surface area contributed by atoms with Crippen LogP contribution in [0.3, 0.4) is 0 Å². The molecule has 3 unspecified atom stereocenters. The molecule has 1 fully saturated rings. The Morgan fingerprint density at radius 3 is 2.88 bits per heavy atom. The number of rotatable bonds is 2. The molecule has 3 heterocycles. The van der Waals surface area contributed by atoms with E-state index in [0.29, 0.717) is 10.9 Å². The molecular weight excluding hydrogens is 344 g/mol. The van der Waals surface area contributed by atoms with Gasteiger partial charge in [0.25, 0.3) is 0 Å². The molecule has 1 amide bonds. The van der Waals surface area contributed by atoms with Gasteiger partial charge in [0.15, 0.2) is 6.23 Å². The first-order valence-corrected chi connectivity index (χ1v) is 7.61. The molecule has 0 saturated carbocycles. The van der Waals surface area contributed by atoms with E-state index in [1.54, 1.807) is 0 Å². The normalized spacial score (nSPS) is 28.0. The number of aromatic nitrogens is 3. The predicted molar refractivity (Wildman–Crippen MR) is 88.8 cm³/mol. The first-order chi connectivity index (χ1) is 12.3. The van der Waals surface area contributed by atoms with Crippen molar-refractivity contribution in [1.82, 2.24) is 20.0 Å². The van der Waals surface area contributed by atoms with Crippen molar-refractivity contribution >= 4 is 22.8 Å². The van der Waals surface area contributed by atoms with E-state index in [0.717, 1.165) is 0 Å². The number of ether oxygens (including phenoxy) is 1. The Labute approximate surface area is 147 Å². The molecule has 4 atom stereocenters. The van der Waals surface area contributed by atoms with Crippen molar-refractivity contribution in [3.05, 3.63) is 18.1 Å². The third kappa shape index (κ3) is 2.75. The van der Waals surface area contributed by atoms with E-state index in [4.69, 9.17) is 16.3 Å². The van der Waals surface area contributed by atoms with Gasteiger partial charge in [-0.3, -0.25) is 10.2 Å². The van der Waals surface area contributed by atoms with Gasteiger partial charge < -0.3 is 30.4 Å². The molecule has 1 aliphatic rings. The highest BCUT2D eigenvalue weighted by molar-refractivity contribution is 5.97. The molecule has 2 aromatic heterocycles. The molecule has 138 valence electrons. The molecular formula is C15H18N6O5. The van der Waals surface area contributed by atoms with Crippen molar-refractivity contribution in [3.63, 3.8) is 0 Å². The Hall–Kier alpha value is -2.75. The van der Waals surface area contributed by atoms with Gasteiger partial charge in [0, 0.05) is 12.1 Å². The maximum atomic E-state index is 11.3. The minimum Gasteiger partial charge on any atom is -0.394 e. The van der Waals surface area contributed by atoms with Gasteiger partial charge in [0.05, 0.1) is 17.6 Å². The number of hydrogen-bond acceptors (Lipinski definition) is 9. The van der Waals surface area contributed by atoms with Gasteiger partial charge in [-0.05, 0) is 6.92 Å². The average Bonchev–Trinajstić information content (AvgIpc) is 3.09. The van der Waals surface area contributed by atoms with Crippen molar-refractivity contribution in [1.29, 1.82) is 0 Å². The summed E-state index contributed by atoms with van der Waals surface area (Å²) >= 11 is 0. The summed E-state index contributed by atoms with van der Waals surface area (Å²) < 4.78 is 7.02. The summed E-state index contributed by atoms with van der Waals surface area (Å²) in [4.78, 5) is 19.3. The number of hydrazine groups is 1. The maximum absolute atomic E-state index is 11.3. The van der Waals surface area contributed by atoms with Gasteiger partial charge in [0.1, 0.15) is 35.6 Å². The van der Waals surface area contributed by atoms with E-state index < -0.39 is 36.6 Å². The fourth-order valence-corrected chi connectivity index (χ4v) is 2.93. The van der Waals surface area contributed by atoms with Crippen molar-refractivity contribution in [3.8, 4) is 11.8 Å². The summed E-state index contributed by atoms with van der Waals surface area (Å²) in [6.07, 6.45) is -0.694. The van der Waals surface area contributed by atoms with Crippen LogP contribution in [0.5, 0.6) is 0 Å². The number of fused-ring (bicyclic) bond motifs is 1. The van der Waals surface area contributed by atoms with Crippen molar-refractivity contribution in [2.45, 2.75) is 31.0 Å². The Kier molecular flexibility index (Phi) is 4.53. The number of nitrogens with one attached hydrogen (secondary N) is 1. The van der Waals surface area contributed by atoms with E-state index in [2.05, 4.69) is 21.8 Å². The minimum absolute atomic E-state index is 0.114. The Morgan fingerprint density at radius 1 is 1.54 bits per heavy atom. The number of nitrogens with two attached hydrogens (primary N) is 2. The van der Waals surface area contributed by atoms with Gasteiger partial charge in [-0.25, -0.2) is 15.8 Å². The summed E-state index contributed by atoms with van der Waals surface area (Å²) in [5.74, 6) is 9.30. The summed E-state index contributed by atoms with van der Waals surface area (Å²) in [6, 6.07) is 0. The molecule has 11 nitrogen and oxygen atoms in total. The zero-order valence-electron chi connectivity index (χ0n) is 13.7. The van der Waals surface area contributed by atoms with Crippen LogP contribution in [0.4, 0.5) is 5.82 Å². The number of aliphatic hydroxyl groups is 3. The number of hydrogen-bond donors (Lipinski definition) is 6. The second-order valence-corrected chi connectivity index (χ2v) is 6.01. The molecule has 2 aromatic rings. The lowest BCUT2D eigenvalue weighted by atomic mass is 9.96. The molecule has 0 radical (unpaired) electrons. The third-order valence-electron chi connectivity index (χ3n) is 4.27. The van der Waals surface area contributed by atoms with Crippen molar-refractivity contribution in [2.75, 3.05) is 12.3 Å². The highest BCUT2D eigenvalue weighted by Gasteiger charge is 2.53. The lowest BCUT2D eigenvalue weighted by Gasteiger charge is -2.27. The van der Waals surface area contributed by atoms with Crippen LogP contribution >= 0.6 is 0 Å². The number of nitrogen functional groups attached to an aromatic ring is 1. The summed E-state index contributed by atoms with van der Waals surface area (Å²) in [5.41, 5.74) is 6.66. The fourth-order valence-electron chi connectivity index (χ4n) is 2.93. The predicted octanol–water partition coefficient (Wildman–Crippen LogP) is -2.64. The van der Waals surface area contributed by atoms with Gasteiger partial charge in [-0.2, -0.15) is 0 Å². The average molecular weight is 362 g/mol. The number of amides is 1. The van der Waals surface area contributed by atoms with Crippen molar-refractivity contribution in [2.24, 2.45) is 5.84 Å². The molecule has 11 heteroatoms.